The molecule has 5 nitrogen and oxygen atoms in total. The van der Waals surface area contributed by atoms with E-state index in [1.165, 1.54) is 17.6 Å². The summed E-state index contributed by atoms with van der Waals surface area (Å²) in [6, 6.07) is 6.94. The van der Waals surface area contributed by atoms with Gasteiger partial charge in [-0.15, -0.1) is 0 Å². The minimum absolute atomic E-state index is 0.0976. The van der Waals surface area contributed by atoms with Crippen molar-refractivity contribution >= 4 is 22.6 Å². The number of allylic oxidation sites excluding steroid dienone is 2. The molecular formula is C38H62O5Si2. The largest absolute Gasteiger partial charge is 0.458 e. The third-order valence-corrected chi connectivity index (χ3v) is 24.6. The number of carbonyl (C=O) groups excluding carboxylic acids is 1. The highest BCUT2D eigenvalue weighted by Crippen LogP contribution is 2.76. The van der Waals surface area contributed by atoms with Crippen LogP contribution in [-0.2, 0) is 23.1 Å². The summed E-state index contributed by atoms with van der Waals surface area (Å²) in [6.45, 7) is 25.4. The van der Waals surface area contributed by atoms with Gasteiger partial charge in [0.25, 0.3) is 0 Å². The van der Waals surface area contributed by atoms with Crippen LogP contribution in [0.25, 0.3) is 0 Å². The van der Waals surface area contributed by atoms with Gasteiger partial charge in [0.2, 0.25) is 0 Å². The molecule has 3 heterocycles. The van der Waals surface area contributed by atoms with Crippen LogP contribution < -0.4 is 0 Å². The fourth-order valence-electron chi connectivity index (χ4n) is 12.0. The van der Waals surface area contributed by atoms with Crippen molar-refractivity contribution in [1.29, 1.82) is 0 Å². The lowest BCUT2D eigenvalue weighted by molar-refractivity contribution is -0.390. The number of ether oxygens (including phenoxy) is 2. The molecule has 3 aliphatic heterocycles. The summed E-state index contributed by atoms with van der Waals surface area (Å²) in [4.78, 5) is 12.2. The molecule has 0 aromatic rings. The number of esters is 1. The van der Waals surface area contributed by atoms with Gasteiger partial charge in [-0.25, -0.2) is 4.79 Å². The van der Waals surface area contributed by atoms with Crippen LogP contribution in [0.5, 0.6) is 0 Å². The monoisotopic (exact) mass is 654 g/mol. The van der Waals surface area contributed by atoms with Gasteiger partial charge < -0.3 is 18.3 Å². The van der Waals surface area contributed by atoms with E-state index in [0.717, 1.165) is 74.1 Å². The summed E-state index contributed by atoms with van der Waals surface area (Å²) in [5, 5.41) is 0. The number of rotatable bonds is 11. The van der Waals surface area contributed by atoms with E-state index in [4.69, 9.17) is 18.3 Å². The fourth-order valence-corrected chi connectivity index (χ4v) is 18.0. The van der Waals surface area contributed by atoms with Crippen molar-refractivity contribution in [3.63, 3.8) is 0 Å². The molecule has 0 aromatic carbocycles. The van der Waals surface area contributed by atoms with Gasteiger partial charge in [0.1, 0.15) is 6.61 Å². The zero-order valence-corrected chi connectivity index (χ0v) is 32.2. The van der Waals surface area contributed by atoms with E-state index in [-0.39, 0.29) is 33.7 Å². The molecule has 7 heteroatoms. The van der Waals surface area contributed by atoms with Crippen LogP contribution in [0, 0.1) is 33.5 Å². The molecule has 7 aliphatic rings. The maximum absolute atomic E-state index is 12.2. The van der Waals surface area contributed by atoms with E-state index in [2.05, 4.69) is 81.4 Å². The Hall–Kier alpha value is -0.996. The standard InChI is InChI=1S/C38H62O5Si2/c1-11-44(12-2,13-3)42-32-24-31-34(7,8)38(43-45(14-4,15-5)16-6)22-21-37(31,26-41-38)30-19-20-35(9)28(27-23-33(39)40-25-27)17-18-29(35)36(30,32)10/h17-18,23,30-32H,11-16,19-22,24-26H2,1-10H3/t30-,31-,32+,35-,36-,37-,38?/m0/s1. The highest BCUT2D eigenvalue weighted by molar-refractivity contribution is 6.74. The number of fused-ring (bicyclic) bond motifs is 5. The molecule has 2 bridgehead atoms. The van der Waals surface area contributed by atoms with Crippen molar-refractivity contribution in [2.24, 2.45) is 33.5 Å². The first kappa shape index (κ1) is 33.9. The van der Waals surface area contributed by atoms with Crippen LogP contribution >= 0.6 is 0 Å². The maximum atomic E-state index is 12.2. The average molecular weight is 655 g/mol. The van der Waals surface area contributed by atoms with Crippen LogP contribution in [0.2, 0.25) is 36.3 Å². The second-order valence-corrected chi connectivity index (χ2v) is 26.0. The molecule has 0 aromatic heterocycles. The van der Waals surface area contributed by atoms with E-state index in [9.17, 15) is 4.79 Å². The molecule has 252 valence electrons. The quantitative estimate of drug-likeness (QED) is 0.164. The Kier molecular flexibility index (Phi) is 8.50. The predicted molar refractivity (Wildman–Crippen MR) is 187 cm³/mol. The zero-order chi connectivity index (χ0) is 32.7. The molecule has 0 N–H and O–H groups in total. The Morgan fingerprint density at radius 2 is 1.49 bits per heavy atom. The Bertz CT molecular complexity index is 1260. The molecule has 0 radical (unpaired) electrons. The maximum Gasteiger partial charge on any atom is 0.331 e. The van der Waals surface area contributed by atoms with Crippen molar-refractivity contribution < 1.29 is 23.1 Å². The molecule has 0 amide bonds. The number of cyclic esters (lactones) is 1. The molecular weight excluding hydrogens is 593 g/mol. The smallest absolute Gasteiger partial charge is 0.331 e. The van der Waals surface area contributed by atoms with Crippen LogP contribution in [0.1, 0.15) is 101 Å². The van der Waals surface area contributed by atoms with Crippen molar-refractivity contribution in [2.75, 3.05) is 13.2 Å². The summed E-state index contributed by atoms with van der Waals surface area (Å²) in [6.07, 6.45) is 12.2. The third-order valence-electron chi connectivity index (χ3n) is 15.3. The Labute approximate surface area is 276 Å². The highest BCUT2D eigenvalue weighted by atomic mass is 28.4. The second-order valence-electron chi connectivity index (χ2n) is 16.6. The molecule has 1 unspecified atom stereocenters. The topological polar surface area (TPSA) is 54.0 Å². The summed E-state index contributed by atoms with van der Waals surface area (Å²) < 4.78 is 27.9. The number of hydrogen-bond acceptors (Lipinski definition) is 5. The molecule has 3 saturated carbocycles. The van der Waals surface area contributed by atoms with Crippen LogP contribution in [0.15, 0.2) is 34.9 Å². The van der Waals surface area contributed by atoms with E-state index in [1.807, 2.05) is 0 Å². The highest BCUT2D eigenvalue weighted by Gasteiger charge is 2.75. The van der Waals surface area contributed by atoms with E-state index in [0.29, 0.717) is 18.4 Å². The zero-order valence-electron chi connectivity index (χ0n) is 30.2. The van der Waals surface area contributed by atoms with Gasteiger partial charge in [-0.3, -0.25) is 0 Å². The molecule has 7 rings (SSSR count). The van der Waals surface area contributed by atoms with Crippen molar-refractivity contribution in [1.82, 2.24) is 0 Å². The summed E-state index contributed by atoms with van der Waals surface area (Å²) in [5.41, 5.74) is 3.71. The van der Waals surface area contributed by atoms with Gasteiger partial charge in [-0.1, -0.05) is 87.0 Å². The van der Waals surface area contributed by atoms with Gasteiger partial charge in [-0.05, 0) is 79.4 Å². The third kappa shape index (κ3) is 4.48. The minimum atomic E-state index is -1.92. The summed E-state index contributed by atoms with van der Waals surface area (Å²) in [7, 11) is -3.83. The summed E-state index contributed by atoms with van der Waals surface area (Å²) in [5.74, 6) is 0.278. The van der Waals surface area contributed by atoms with E-state index >= 15 is 0 Å². The summed E-state index contributed by atoms with van der Waals surface area (Å²) >= 11 is 0. The average Bonchev–Trinajstić information content (AvgIpc) is 3.63. The molecule has 45 heavy (non-hydrogen) atoms. The molecule has 4 aliphatic carbocycles. The molecule has 1 spiro atoms. The predicted octanol–water partition coefficient (Wildman–Crippen LogP) is 9.72. The van der Waals surface area contributed by atoms with Gasteiger partial charge in [0.15, 0.2) is 22.4 Å². The van der Waals surface area contributed by atoms with E-state index in [1.54, 1.807) is 6.08 Å². The normalized spacial score (nSPS) is 40.3. The Morgan fingerprint density at radius 1 is 0.844 bits per heavy atom. The first-order valence-corrected chi connectivity index (χ1v) is 23.6. The van der Waals surface area contributed by atoms with Crippen molar-refractivity contribution in [2.45, 2.75) is 149 Å². The minimum Gasteiger partial charge on any atom is -0.458 e. The molecule has 7 atom stereocenters. The van der Waals surface area contributed by atoms with Crippen LogP contribution in [0.3, 0.4) is 0 Å². The lowest BCUT2D eigenvalue weighted by atomic mass is 9.35. The lowest BCUT2D eigenvalue weighted by Gasteiger charge is -2.75. The van der Waals surface area contributed by atoms with Gasteiger partial charge in [-0.2, -0.15) is 0 Å². The van der Waals surface area contributed by atoms with Gasteiger partial charge in [0, 0.05) is 39.7 Å². The fraction of sp³-hybridized carbons (Fsp3) is 0.816. The van der Waals surface area contributed by atoms with Gasteiger partial charge in [0.05, 0.1) is 12.7 Å². The number of hydrogen-bond donors (Lipinski definition) is 0. The molecule has 5 fully saturated rings. The van der Waals surface area contributed by atoms with Crippen LogP contribution in [0.4, 0.5) is 0 Å². The van der Waals surface area contributed by atoms with Gasteiger partial charge >= 0.3 is 5.97 Å². The number of carbonyl (C=O) groups is 1. The van der Waals surface area contributed by atoms with Crippen molar-refractivity contribution in [3.8, 4) is 0 Å². The SMILES string of the molecule is CC[Si](CC)(CC)O[C@@H]1C[C@H]2C(C)(C)C3(O[Si](CC)(CC)CC)CC[C@]2(CO3)[C@H]2CC[C@@]3(C)C(C4=CC(=O)OC4)=CC=C3[C@@]21C. The second kappa shape index (κ2) is 11.3. The molecule has 2 saturated heterocycles. The first-order valence-electron chi connectivity index (χ1n) is 18.6. The first-order chi connectivity index (χ1) is 21.2. The van der Waals surface area contributed by atoms with E-state index < -0.39 is 22.4 Å². The Balaban J connectivity index is 1.45. The lowest BCUT2D eigenvalue weighted by Crippen LogP contribution is -2.76. The van der Waals surface area contributed by atoms with Crippen molar-refractivity contribution in [3.05, 3.63) is 34.9 Å². The Morgan fingerprint density at radius 3 is 2.02 bits per heavy atom. The van der Waals surface area contributed by atoms with Crippen LogP contribution in [-0.4, -0.2) is 47.7 Å².